The summed E-state index contributed by atoms with van der Waals surface area (Å²) in [6.45, 7) is 11.3. The lowest BCUT2D eigenvalue weighted by atomic mass is 10.0. The molecule has 16 heavy (non-hydrogen) atoms. The first-order chi connectivity index (χ1) is 7.63. The second-order valence-electron chi connectivity index (χ2n) is 4.70. The number of rotatable bonds is 6. The molecule has 1 nitrogen and oxygen atoms in total. The molecule has 88 valence electrons. The van der Waals surface area contributed by atoms with Crippen molar-refractivity contribution in [1.82, 2.24) is 5.32 Å². The lowest BCUT2D eigenvalue weighted by Gasteiger charge is -2.12. The van der Waals surface area contributed by atoms with Gasteiger partial charge in [-0.25, -0.2) is 0 Å². The summed E-state index contributed by atoms with van der Waals surface area (Å²) in [5.41, 5.74) is 2.75. The summed E-state index contributed by atoms with van der Waals surface area (Å²) in [5, 5.41) is 3.48. The first kappa shape index (κ1) is 13.0. The summed E-state index contributed by atoms with van der Waals surface area (Å²) >= 11 is 0. The van der Waals surface area contributed by atoms with E-state index < -0.39 is 0 Å². The zero-order valence-corrected chi connectivity index (χ0v) is 10.7. The number of hydrogen-bond donors (Lipinski definition) is 1. The fraction of sp³-hybridized carbons (Fsp3) is 0.467. The Morgan fingerprint density at radius 2 is 1.81 bits per heavy atom. The average Bonchev–Trinajstić information content (AvgIpc) is 2.27. The van der Waals surface area contributed by atoms with Crippen LogP contribution >= 0.6 is 0 Å². The van der Waals surface area contributed by atoms with Crippen LogP contribution < -0.4 is 5.32 Å². The summed E-state index contributed by atoms with van der Waals surface area (Å²) in [7, 11) is 0. The van der Waals surface area contributed by atoms with E-state index in [-0.39, 0.29) is 0 Å². The minimum absolute atomic E-state index is 0.502. The predicted octanol–water partition coefficient (Wildman–Crippen LogP) is 3.86. The zero-order valence-electron chi connectivity index (χ0n) is 10.7. The van der Waals surface area contributed by atoms with E-state index in [1.54, 1.807) is 0 Å². The van der Waals surface area contributed by atoms with Crippen LogP contribution in [0.3, 0.4) is 0 Å². The molecule has 0 aliphatic carbocycles. The summed E-state index contributed by atoms with van der Waals surface area (Å²) < 4.78 is 0. The molecule has 0 saturated carbocycles. The summed E-state index contributed by atoms with van der Waals surface area (Å²) in [4.78, 5) is 0. The molecular weight excluding hydrogens is 194 g/mol. The van der Waals surface area contributed by atoms with Crippen molar-refractivity contribution in [3.05, 3.63) is 48.0 Å². The van der Waals surface area contributed by atoms with Crippen LogP contribution in [-0.2, 0) is 6.54 Å². The van der Waals surface area contributed by atoms with Crippen LogP contribution in [0.15, 0.2) is 36.9 Å². The van der Waals surface area contributed by atoms with E-state index in [4.69, 9.17) is 0 Å². The molecule has 1 atom stereocenters. The first-order valence-corrected chi connectivity index (χ1v) is 6.06. The molecule has 1 aromatic rings. The van der Waals surface area contributed by atoms with Crippen LogP contribution in [-0.4, -0.2) is 6.04 Å². The van der Waals surface area contributed by atoms with Crippen LogP contribution in [0.1, 0.15) is 44.2 Å². The van der Waals surface area contributed by atoms with Crippen molar-refractivity contribution in [3.63, 3.8) is 0 Å². The van der Waals surface area contributed by atoms with Gasteiger partial charge in [-0.05, 0) is 30.4 Å². The second kappa shape index (κ2) is 6.49. The predicted molar refractivity (Wildman–Crippen MR) is 71.6 cm³/mol. The molecule has 0 radical (unpaired) electrons. The van der Waals surface area contributed by atoms with E-state index in [1.807, 2.05) is 6.08 Å². The van der Waals surface area contributed by atoms with E-state index in [0.717, 1.165) is 13.0 Å². The number of hydrogen-bond acceptors (Lipinski definition) is 1. The van der Waals surface area contributed by atoms with E-state index in [1.165, 1.54) is 11.1 Å². The van der Waals surface area contributed by atoms with Gasteiger partial charge in [-0.3, -0.25) is 0 Å². The van der Waals surface area contributed by atoms with Crippen molar-refractivity contribution in [3.8, 4) is 0 Å². The van der Waals surface area contributed by atoms with E-state index in [0.29, 0.717) is 12.0 Å². The minimum atomic E-state index is 0.502. The molecule has 0 saturated heterocycles. The molecule has 1 heteroatoms. The molecule has 0 bridgehead atoms. The highest BCUT2D eigenvalue weighted by atomic mass is 14.9. The van der Waals surface area contributed by atoms with Gasteiger partial charge in [0.05, 0.1) is 0 Å². The highest BCUT2D eigenvalue weighted by molar-refractivity contribution is 5.24. The summed E-state index contributed by atoms with van der Waals surface area (Å²) in [6, 6.07) is 9.37. The third-order valence-electron chi connectivity index (χ3n) is 2.82. The maximum atomic E-state index is 3.75. The SMILES string of the molecule is C=CCC(C)NCc1ccc(C(C)C)cc1. The summed E-state index contributed by atoms with van der Waals surface area (Å²) in [6.07, 6.45) is 2.98. The molecule has 0 heterocycles. The van der Waals surface area contributed by atoms with E-state index in [2.05, 4.69) is 56.9 Å². The van der Waals surface area contributed by atoms with Crippen LogP contribution in [0.2, 0.25) is 0 Å². The lowest BCUT2D eigenvalue weighted by molar-refractivity contribution is 0.554. The van der Waals surface area contributed by atoms with Gasteiger partial charge in [0.2, 0.25) is 0 Å². The Bertz CT molecular complexity index is 311. The Balaban J connectivity index is 2.46. The Hall–Kier alpha value is -1.08. The highest BCUT2D eigenvalue weighted by Crippen LogP contribution is 2.14. The van der Waals surface area contributed by atoms with Gasteiger partial charge in [0.1, 0.15) is 0 Å². The third kappa shape index (κ3) is 4.19. The summed E-state index contributed by atoms with van der Waals surface area (Å²) in [5.74, 6) is 0.613. The number of benzene rings is 1. The zero-order chi connectivity index (χ0) is 12.0. The molecule has 0 aliphatic rings. The van der Waals surface area contributed by atoms with Gasteiger partial charge in [0.15, 0.2) is 0 Å². The maximum absolute atomic E-state index is 3.75. The van der Waals surface area contributed by atoms with Gasteiger partial charge < -0.3 is 5.32 Å². The maximum Gasteiger partial charge on any atom is 0.0208 e. The van der Waals surface area contributed by atoms with Crippen molar-refractivity contribution in [2.45, 2.75) is 45.7 Å². The van der Waals surface area contributed by atoms with Crippen LogP contribution in [0.4, 0.5) is 0 Å². The van der Waals surface area contributed by atoms with Crippen molar-refractivity contribution in [2.24, 2.45) is 0 Å². The second-order valence-corrected chi connectivity index (χ2v) is 4.70. The molecule has 0 aromatic heterocycles. The van der Waals surface area contributed by atoms with Crippen LogP contribution in [0.25, 0.3) is 0 Å². The lowest BCUT2D eigenvalue weighted by Crippen LogP contribution is -2.24. The monoisotopic (exact) mass is 217 g/mol. The molecule has 1 unspecified atom stereocenters. The molecule has 0 amide bonds. The standard InChI is InChI=1S/C15H23N/c1-5-6-13(4)16-11-14-7-9-15(10-8-14)12(2)3/h5,7-10,12-13,16H,1,6,11H2,2-4H3. The van der Waals surface area contributed by atoms with Gasteiger partial charge in [0, 0.05) is 12.6 Å². The fourth-order valence-electron chi connectivity index (χ4n) is 1.65. The topological polar surface area (TPSA) is 12.0 Å². The first-order valence-electron chi connectivity index (χ1n) is 6.06. The molecule has 0 aliphatic heterocycles. The van der Waals surface area contributed by atoms with Crippen molar-refractivity contribution < 1.29 is 0 Å². The van der Waals surface area contributed by atoms with Gasteiger partial charge in [-0.1, -0.05) is 44.2 Å². The molecular formula is C15H23N. The van der Waals surface area contributed by atoms with Gasteiger partial charge >= 0.3 is 0 Å². The Labute approximate surface area is 99.6 Å². The molecule has 1 aromatic carbocycles. The normalized spacial score (nSPS) is 12.8. The third-order valence-corrected chi connectivity index (χ3v) is 2.82. The van der Waals surface area contributed by atoms with Crippen molar-refractivity contribution in [2.75, 3.05) is 0 Å². The minimum Gasteiger partial charge on any atom is -0.310 e. The largest absolute Gasteiger partial charge is 0.310 e. The Morgan fingerprint density at radius 1 is 1.19 bits per heavy atom. The fourth-order valence-corrected chi connectivity index (χ4v) is 1.65. The van der Waals surface area contributed by atoms with Crippen LogP contribution in [0, 0.1) is 0 Å². The van der Waals surface area contributed by atoms with Crippen molar-refractivity contribution >= 4 is 0 Å². The molecule has 0 spiro atoms. The Kier molecular flexibility index (Phi) is 5.27. The number of nitrogens with one attached hydrogen (secondary N) is 1. The van der Waals surface area contributed by atoms with Crippen LogP contribution in [0.5, 0.6) is 0 Å². The quantitative estimate of drug-likeness (QED) is 0.713. The highest BCUT2D eigenvalue weighted by Gasteiger charge is 2.01. The van der Waals surface area contributed by atoms with E-state index >= 15 is 0 Å². The molecule has 1 rings (SSSR count). The smallest absolute Gasteiger partial charge is 0.0208 e. The Morgan fingerprint density at radius 3 is 2.31 bits per heavy atom. The molecule has 0 fully saturated rings. The van der Waals surface area contributed by atoms with Crippen molar-refractivity contribution in [1.29, 1.82) is 0 Å². The van der Waals surface area contributed by atoms with Gasteiger partial charge in [-0.2, -0.15) is 0 Å². The van der Waals surface area contributed by atoms with Gasteiger partial charge in [-0.15, -0.1) is 6.58 Å². The molecule has 1 N–H and O–H groups in total. The van der Waals surface area contributed by atoms with Gasteiger partial charge in [0.25, 0.3) is 0 Å². The van der Waals surface area contributed by atoms with E-state index in [9.17, 15) is 0 Å². The average molecular weight is 217 g/mol.